The van der Waals surface area contributed by atoms with E-state index in [1.807, 2.05) is 33.8 Å². The zero-order valence-electron chi connectivity index (χ0n) is 18.1. The minimum Gasteiger partial charge on any atom is -0.462 e. The summed E-state index contributed by atoms with van der Waals surface area (Å²) in [5.41, 5.74) is 0. The molecular formula is C23H42O4. The van der Waals surface area contributed by atoms with Crippen molar-refractivity contribution in [1.82, 2.24) is 0 Å². The number of carbonyl (C=O) groups is 1. The second-order valence-electron chi connectivity index (χ2n) is 8.40. The first kappa shape index (κ1) is 24.2. The third-order valence-electron chi connectivity index (χ3n) is 4.98. The predicted molar refractivity (Wildman–Crippen MR) is 111 cm³/mol. The number of carbonyl (C=O) groups excluding carboxylic acids is 1. The summed E-state index contributed by atoms with van der Waals surface area (Å²) in [7, 11) is 0. The van der Waals surface area contributed by atoms with E-state index in [2.05, 4.69) is 6.58 Å². The molecule has 1 saturated heterocycles. The molecule has 0 N–H and O–H groups in total. The van der Waals surface area contributed by atoms with Gasteiger partial charge in [-0.1, -0.05) is 31.8 Å². The van der Waals surface area contributed by atoms with Crippen LogP contribution in [0.25, 0.3) is 0 Å². The lowest BCUT2D eigenvalue weighted by Crippen LogP contribution is -2.29. The molecule has 0 aromatic heterocycles. The van der Waals surface area contributed by atoms with Crippen LogP contribution in [-0.2, 0) is 19.0 Å². The Labute approximate surface area is 167 Å². The fraction of sp³-hybridized carbons (Fsp3) is 0.870. The number of esters is 1. The molecule has 4 nitrogen and oxygen atoms in total. The van der Waals surface area contributed by atoms with Crippen molar-refractivity contribution in [3.63, 3.8) is 0 Å². The van der Waals surface area contributed by atoms with Crippen molar-refractivity contribution >= 4 is 5.97 Å². The molecule has 1 rings (SSSR count). The van der Waals surface area contributed by atoms with E-state index in [-0.39, 0.29) is 36.3 Å². The van der Waals surface area contributed by atoms with Gasteiger partial charge in [-0.2, -0.15) is 0 Å². The number of allylic oxidation sites excluding steroid dienone is 1. The molecule has 27 heavy (non-hydrogen) atoms. The Balaban J connectivity index is 2.25. The molecular weight excluding hydrogens is 340 g/mol. The molecule has 0 amide bonds. The molecule has 158 valence electrons. The van der Waals surface area contributed by atoms with Gasteiger partial charge < -0.3 is 14.2 Å². The van der Waals surface area contributed by atoms with Gasteiger partial charge in [0.2, 0.25) is 0 Å². The maximum Gasteiger partial charge on any atom is 0.309 e. The van der Waals surface area contributed by atoms with E-state index >= 15 is 0 Å². The second-order valence-corrected chi connectivity index (χ2v) is 8.40. The van der Waals surface area contributed by atoms with Crippen LogP contribution >= 0.6 is 0 Å². The fourth-order valence-corrected chi connectivity index (χ4v) is 3.62. The van der Waals surface area contributed by atoms with Gasteiger partial charge in [0.05, 0.1) is 30.8 Å². The summed E-state index contributed by atoms with van der Waals surface area (Å²) in [6.07, 6.45) is 13.5. The predicted octanol–water partition coefficient (Wildman–Crippen LogP) is 5.83. The van der Waals surface area contributed by atoms with Crippen molar-refractivity contribution in [3.8, 4) is 0 Å². The van der Waals surface area contributed by atoms with Gasteiger partial charge >= 0.3 is 5.97 Å². The van der Waals surface area contributed by atoms with Crippen LogP contribution in [0.15, 0.2) is 12.7 Å². The van der Waals surface area contributed by atoms with Crippen molar-refractivity contribution in [3.05, 3.63) is 12.7 Å². The molecule has 1 fully saturated rings. The zero-order valence-corrected chi connectivity index (χ0v) is 18.1. The van der Waals surface area contributed by atoms with Gasteiger partial charge in [0.25, 0.3) is 0 Å². The average Bonchev–Trinajstić information content (AvgIpc) is 2.94. The maximum absolute atomic E-state index is 12.3. The number of ether oxygens (including phenoxy) is 3. The quantitative estimate of drug-likeness (QED) is 0.191. The molecule has 0 aromatic carbocycles. The lowest BCUT2D eigenvalue weighted by Gasteiger charge is -2.23. The zero-order chi connectivity index (χ0) is 20.1. The number of hydrogen-bond acceptors (Lipinski definition) is 4. The molecule has 0 aliphatic carbocycles. The van der Waals surface area contributed by atoms with Crippen LogP contribution in [0.3, 0.4) is 0 Å². The highest BCUT2D eigenvalue weighted by atomic mass is 16.6. The van der Waals surface area contributed by atoms with Crippen LogP contribution in [0.1, 0.15) is 91.9 Å². The summed E-state index contributed by atoms with van der Waals surface area (Å²) in [4.78, 5) is 12.3. The molecule has 1 heterocycles. The normalized spacial score (nSPS) is 21.0. The molecule has 1 aliphatic rings. The maximum atomic E-state index is 12.3. The lowest BCUT2D eigenvalue weighted by molar-refractivity contribution is -0.146. The highest BCUT2D eigenvalue weighted by Crippen LogP contribution is 2.29. The second kappa shape index (κ2) is 14.2. The third kappa shape index (κ3) is 11.5. The Morgan fingerprint density at radius 3 is 2.37 bits per heavy atom. The van der Waals surface area contributed by atoms with Crippen LogP contribution in [0, 0.1) is 5.92 Å². The van der Waals surface area contributed by atoms with E-state index in [1.165, 1.54) is 32.1 Å². The van der Waals surface area contributed by atoms with E-state index in [0.29, 0.717) is 13.0 Å². The number of cyclic esters (lactones) is 1. The summed E-state index contributed by atoms with van der Waals surface area (Å²) in [6.45, 7) is 12.4. The average molecular weight is 383 g/mol. The summed E-state index contributed by atoms with van der Waals surface area (Å²) in [5, 5.41) is 0. The Hall–Kier alpha value is -0.870. The van der Waals surface area contributed by atoms with Crippen LogP contribution in [0.5, 0.6) is 0 Å². The summed E-state index contributed by atoms with van der Waals surface area (Å²) >= 11 is 0. The van der Waals surface area contributed by atoms with Crippen LogP contribution in [0.4, 0.5) is 0 Å². The van der Waals surface area contributed by atoms with Crippen LogP contribution in [0.2, 0.25) is 0 Å². The van der Waals surface area contributed by atoms with Gasteiger partial charge in [0.1, 0.15) is 6.10 Å². The molecule has 3 unspecified atom stereocenters. The van der Waals surface area contributed by atoms with Crippen LogP contribution in [-0.4, -0.2) is 37.0 Å². The van der Waals surface area contributed by atoms with Crippen LogP contribution < -0.4 is 0 Å². The number of rotatable bonds is 16. The molecule has 4 heteroatoms. The first-order valence-corrected chi connectivity index (χ1v) is 11.0. The highest BCUT2D eigenvalue weighted by Gasteiger charge is 2.36. The highest BCUT2D eigenvalue weighted by molar-refractivity contribution is 5.74. The summed E-state index contributed by atoms with van der Waals surface area (Å²) in [6, 6.07) is 0. The van der Waals surface area contributed by atoms with Gasteiger partial charge in [-0.15, -0.1) is 6.58 Å². The molecule has 3 atom stereocenters. The molecule has 0 aromatic rings. The van der Waals surface area contributed by atoms with Crippen molar-refractivity contribution in [2.45, 2.75) is 116 Å². The lowest BCUT2D eigenvalue weighted by atomic mass is 9.95. The summed E-state index contributed by atoms with van der Waals surface area (Å²) < 4.78 is 17.3. The van der Waals surface area contributed by atoms with E-state index in [1.54, 1.807) is 0 Å². The van der Waals surface area contributed by atoms with Gasteiger partial charge in [-0.25, -0.2) is 0 Å². The largest absolute Gasteiger partial charge is 0.462 e. The standard InChI is InChI=1S/C23H42O4/c1-6-7-8-9-10-11-12-13-14-21-15-20(23(24)27-21)16-22(26-19(4)5)17-25-18(2)3/h6,18-22H,1,7-17H2,2-5H3. The van der Waals surface area contributed by atoms with Crippen molar-refractivity contribution in [2.75, 3.05) is 6.61 Å². The SMILES string of the molecule is C=CCCCCCCCCC1CC(CC(COC(C)C)OC(C)C)C(=O)O1. The van der Waals surface area contributed by atoms with Gasteiger partial charge in [-0.3, -0.25) is 4.79 Å². The van der Waals surface area contributed by atoms with E-state index in [9.17, 15) is 4.79 Å². The molecule has 0 radical (unpaired) electrons. The van der Waals surface area contributed by atoms with Crippen molar-refractivity contribution < 1.29 is 19.0 Å². The van der Waals surface area contributed by atoms with Crippen molar-refractivity contribution in [1.29, 1.82) is 0 Å². The first-order chi connectivity index (χ1) is 12.9. The minimum absolute atomic E-state index is 0.0423. The molecule has 0 bridgehead atoms. The Morgan fingerprint density at radius 2 is 1.74 bits per heavy atom. The smallest absolute Gasteiger partial charge is 0.309 e. The van der Waals surface area contributed by atoms with E-state index in [4.69, 9.17) is 14.2 Å². The summed E-state index contributed by atoms with van der Waals surface area (Å²) in [5.74, 6) is -0.0975. The van der Waals surface area contributed by atoms with Gasteiger partial charge in [0.15, 0.2) is 0 Å². The Bertz CT molecular complexity index is 405. The Kier molecular flexibility index (Phi) is 12.7. The molecule has 0 spiro atoms. The number of hydrogen-bond donors (Lipinski definition) is 0. The van der Waals surface area contributed by atoms with E-state index in [0.717, 1.165) is 25.7 Å². The Morgan fingerprint density at radius 1 is 1.07 bits per heavy atom. The number of unbranched alkanes of at least 4 members (excludes halogenated alkanes) is 6. The monoisotopic (exact) mass is 382 g/mol. The van der Waals surface area contributed by atoms with Crippen molar-refractivity contribution in [2.24, 2.45) is 5.92 Å². The first-order valence-electron chi connectivity index (χ1n) is 11.0. The molecule has 1 aliphatic heterocycles. The fourth-order valence-electron chi connectivity index (χ4n) is 3.62. The third-order valence-corrected chi connectivity index (χ3v) is 4.98. The minimum atomic E-state index is -0.0497. The molecule has 0 saturated carbocycles. The van der Waals surface area contributed by atoms with Gasteiger partial charge in [-0.05, 0) is 66.2 Å². The van der Waals surface area contributed by atoms with E-state index < -0.39 is 0 Å². The topological polar surface area (TPSA) is 44.8 Å². The van der Waals surface area contributed by atoms with Gasteiger partial charge in [0, 0.05) is 0 Å².